The number of nitrogens with one attached hydrogen (secondary N) is 1. The van der Waals surface area contributed by atoms with Gasteiger partial charge in [-0.1, -0.05) is 35.0 Å². The fraction of sp³-hybridized carbons (Fsp3) is 0.263. The van der Waals surface area contributed by atoms with Crippen molar-refractivity contribution >= 4 is 28.4 Å². The topological polar surface area (TPSA) is 86.1 Å². The van der Waals surface area contributed by atoms with E-state index in [1.807, 2.05) is 13.0 Å². The van der Waals surface area contributed by atoms with Crippen LogP contribution in [0.1, 0.15) is 12.5 Å². The number of halogens is 1. The molecular weight excluding hydrogens is 368 g/mol. The van der Waals surface area contributed by atoms with Crippen molar-refractivity contribution in [2.75, 3.05) is 7.11 Å². The number of benzene rings is 2. The van der Waals surface area contributed by atoms with Gasteiger partial charge in [0.2, 0.25) is 5.91 Å². The van der Waals surface area contributed by atoms with Gasteiger partial charge in [0.15, 0.2) is 0 Å². The van der Waals surface area contributed by atoms with E-state index in [9.17, 15) is 9.59 Å². The van der Waals surface area contributed by atoms with Crippen molar-refractivity contribution in [1.82, 2.24) is 20.3 Å². The van der Waals surface area contributed by atoms with E-state index in [-0.39, 0.29) is 24.1 Å². The van der Waals surface area contributed by atoms with Crippen LogP contribution in [0.2, 0.25) is 5.02 Å². The summed E-state index contributed by atoms with van der Waals surface area (Å²) in [6, 6.07) is 12.1. The Morgan fingerprint density at radius 1 is 1.30 bits per heavy atom. The predicted molar refractivity (Wildman–Crippen MR) is 103 cm³/mol. The van der Waals surface area contributed by atoms with Crippen LogP contribution in [0.3, 0.4) is 0 Å². The van der Waals surface area contributed by atoms with Gasteiger partial charge in [0.05, 0.1) is 12.5 Å². The molecule has 0 radical (unpaired) electrons. The van der Waals surface area contributed by atoms with Crippen LogP contribution < -0.4 is 15.6 Å². The third-order valence-electron chi connectivity index (χ3n) is 4.11. The van der Waals surface area contributed by atoms with Crippen molar-refractivity contribution in [3.63, 3.8) is 0 Å². The Bertz CT molecular complexity index is 1030. The maximum absolute atomic E-state index is 12.4. The number of fused-ring (bicyclic) bond motifs is 1. The normalized spacial score (nSPS) is 12.0. The number of amides is 1. The lowest BCUT2D eigenvalue weighted by molar-refractivity contribution is -0.122. The van der Waals surface area contributed by atoms with Gasteiger partial charge in [0.25, 0.3) is 5.56 Å². The molecule has 1 aromatic heterocycles. The SMILES string of the molecule is COc1cc(Cl)ccc1CC(C)NC(=O)Cn1nnc2ccccc2c1=O. The molecule has 0 aliphatic rings. The summed E-state index contributed by atoms with van der Waals surface area (Å²) in [7, 11) is 1.57. The number of methoxy groups -OCH3 is 1. The zero-order valence-corrected chi connectivity index (χ0v) is 15.7. The Labute approximate surface area is 160 Å². The molecule has 0 saturated carbocycles. The summed E-state index contributed by atoms with van der Waals surface area (Å²) in [6.45, 7) is 1.68. The van der Waals surface area contributed by atoms with E-state index in [1.54, 1.807) is 43.5 Å². The molecule has 0 spiro atoms. The Morgan fingerprint density at radius 3 is 2.85 bits per heavy atom. The molecule has 1 N–H and O–H groups in total. The molecule has 140 valence electrons. The molecule has 0 aliphatic carbocycles. The summed E-state index contributed by atoms with van der Waals surface area (Å²) in [5.74, 6) is 0.349. The fourth-order valence-electron chi connectivity index (χ4n) is 2.85. The summed E-state index contributed by atoms with van der Waals surface area (Å²) >= 11 is 5.97. The Hall–Kier alpha value is -2.93. The standard InChI is InChI=1S/C19H19ClN4O3/c1-12(9-13-7-8-14(20)10-17(13)27-2)21-18(25)11-24-19(26)15-5-3-4-6-16(15)22-23-24/h3-8,10,12H,9,11H2,1-2H3,(H,21,25). The molecule has 2 aromatic carbocycles. The van der Waals surface area contributed by atoms with Gasteiger partial charge in [0, 0.05) is 11.1 Å². The van der Waals surface area contributed by atoms with Crippen LogP contribution in [0.15, 0.2) is 47.3 Å². The first-order chi connectivity index (χ1) is 13.0. The monoisotopic (exact) mass is 386 g/mol. The van der Waals surface area contributed by atoms with E-state index in [2.05, 4.69) is 15.6 Å². The van der Waals surface area contributed by atoms with E-state index in [4.69, 9.17) is 16.3 Å². The molecule has 3 rings (SSSR count). The highest BCUT2D eigenvalue weighted by atomic mass is 35.5. The van der Waals surface area contributed by atoms with Gasteiger partial charge in [-0.05, 0) is 43.2 Å². The lowest BCUT2D eigenvalue weighted by Gasteiger charge is -2.16. The van der Waals surface area contributed by atoms with Crippen molar-refractivity contribution in [2.45, 2.75) is 25.9 Å². The molecule has 1 unspecified atom stereocenters. The number of carbonyl (C=O) groups is 1. The lowest BCUT2D eigenvalue weighted by atomic mass is 10.1. The van der Waals surface area contributed by atoms with Gasteiger partial charge in [-0.3, -0.25) is 9.59 Å². The molecule has 0 saturated heterocycles. The van der Waals surface area contributed by atoms with Gasteiger partial charge in [-0.2, -0.15) is 0 Å². The maximum Gasteiger partial charge on any atom is 0.278 e. The van der Waals surface area contributed by atoms with Crippen LogP contribution >= 0.6 is 11.6 Å². The highest BCUT2D eigenvalue weighted by Crippen LogP contribution is 2.24. The first-order valence-electron chi connectivity index (χ1n) is 8.42. The largest absolute Gasteiger partial charge is 0.496 e. The zero-order chi connectivity index (χ0) is 19.4. The van der Waals surface area contributed by atoms with E-state index < -0.39 is 0 Å². The second kappa shape index (κ2) is 8.18. The van der Waals surface area contributed by atoms with Crippen LogP contribution in [0, 0.1) is 0 Å². The second-order valence-corrected chi connectivity index (χ2v) is 6.63. The minimum atomic E-state index is -0.345. The fourth-order valence-corrected chi connectivity index (χ4v) is 3.01. The molecule has 1 atom stereocenters. The Kier molecular flexibility index (Phi) is 5.71. The Morgan fingerprint density at radius 2 is 2.07 bits per heavy atom. The van der Waals surface area contributed by atoms with Crippen molar-refractivity contribution in [3.05, 3.63) is 63.4 Å². The van der Waals surface area contributed by atoms with E-state index in [1.165, 1.54) is 0 Å². The van der Waals surface area contributed by atoms with Crippen molar-refractivity contribution in [3.8, 4) is 5.75 Å². The molecular formula is C19H19ClN4O3. The van der Waals surface area contributed by atoms with E-state index in [0.717, 1.165) is 10.2 Å². The number of nitrogens with zero attached hydrogens (tertiary/aromatic N) is 3. The molecule has 0 aliphatic heterocycles. The minimum Gasteiger partial charge on any atom is -0.496 e. The van der Waals surface area contributed by atoms with Gasteiger partial charge in [-0.15, -0.1) is 5.10 Å². The molecule has 7 nitrogen and oxygen atoms in total. The molecule has 1 amide bonds. The lowest BCUT2D eigenvalue weighted by Crippen LogP contribution is -2.39. The van der Waals surface area contributed by atoms with Gasteiger partial charge in [0.1, 0.15) is 17.8 Å². The number of aromatic nitrogens is 3. The summed E-state index contributed by atoms with van der Waals surface area (Å²) in [4.78, 5) is 24.7. The summed E-state index contributed by atoms with van der Waals surface area (Å²) in [5, 5.41) is 11.7. The highest BCUT2D eigenvalue weighted by Gasteiger charge is 2.14. The van der Waals surface area contributed by atoms with Gasteiger partial charge >= 0.3 is 0 Å². The second-order valence-electron chi connectivity index (χ2n) is 6.20. The van der Waals surface area contributed by atoms with Crippen LogP contribution in [-0.2, 0) is 17.8 Å². The van der Waals surface area contributed by atoms with E-state index >= 15 is 0 Å². The summed E-state index contributed by atoms with van der Waals surface area (Å²) in [5.41, 5.74) is 1.09. The predicted octanol–water partition coefficient (Wildman–Crippen LogP) is 2.20. The number of hydrogen-bond acceptors (Lipinski definition) is 5. The van der Waals surface area contributed by atoms with Crippen molar-refractivity contribution < 1.29 is 9.53 Å². The third-order valence-corrected chi connectivity index (χ3v) is 4.34. The van der Waals surface area contributed by atoms with Crippen LogP contribution in [0.5, 0.6) is 5.75 Å². The van der Waals surface area contributed by atoms with Gasteiger partial charge < -0.3 is 10.1 Å². The average molecular weight is 387 g/mol. The first kappa shape index (κ1) is 18.8. The molecule has 0 fully saturated rings. The molecule has 3 aromatic rings. The Balaban J connectivity index is 1.67. The molecule has 8 heteroatoms. The number of rotatable bonds is 6. The number of carbonyl (C=O) groups excluding carboxylic acids is 1. The first-order valence-corrected chi connectivity index (χ1v) is 8.80. The van der Waals surface area contributed by atoms with Crippen molar-refractivity contribution in [1.29, 1.82) is 0 Å². The van der Waals surface area contributed by atoms with Crippen molar-refractivity contribution in [2.24, 2.45) is 0 Å². The summed E-state index contributed by atoms with van der Waals surface area (Å²) < 4.78 is 6.39. The van der Waals surface area contributed by atoms with E-state index in [0.29, 0.717) is 28.1 Å². The molecule has 27 heavy (non-hydrogen) atoms. The molecule has 0 bridgehead atoms. The average Bonchev–Trinajstić information content (AvgIpc) is 2.65. The smallest absolute Gasteiger partial charge is 0.278 e. The van der Waals surface area contributed by atoms with Crippen LogP contribution in [-0.4, -0.2) is 34.1 Å². The zero-order valence-electron chi connectivity index (χ0n) is 15.0. The minimum absolute atomic E-state index is 0.170. The summed E-state index contributed by atoms with van der Waals surface area (Å²) in [6.07, 6.45) is 0.560. The van der Waals surface area contributed by atoms with Crippen LogP contribution in [0.25, 0.3) is 10.9 Å². The number of hydrogen-bond donors (Lipinski definition) is 1. The quantitative estimate of drug-likeness (QED) is 0.701. The van der Waals surface area contributed by atoms with Crippen LogP contribution in [0.4, 0.5) is 0 Å². The number of ether oxygens (including phenoxy) is 1. The maximum atomic E-state index is 12.4. The molecule has 1 heterocycles. The third kappa shape index (κ3) is 4.43. The highest BCUT2D eigenvalue weighted by molar-refractivity contribution is 6.30. The van der Waals surface area contributed by atoms with Gasteiger partial charge in [-0.25, -0.2) is 4.68 Å².